The second-order valence-electron chi connectivity index (χ2n) is 8.66. The molecule has 1 fully saturated rings. The van der Waals surface area contributed by atoms with Crippen LogP contribution < -0.4 is 4.74 Å². The van der Waals surface area contributed by atoms with Gasteiger partial charge >= 0.3 is 6.09 Å². The van der Waals surface area contributed by atoms with Gasteiger partial charge in [-0.15, -0.1) is 0 Å². The van der Waals surface area contributed by atoms with Crippen LogP contribution in [-0.2, 0) is 4.74 Å². The molecule has 1 amide bonds. The SMILES string of the molecule is CC(C)(C)OC(=O)N1CC[C@@H](C2C=C(COc3ccc(C#N)cc3F)C(F)=CC2)C1. The van der Waals surface area contributed by atoms with E-state index in [4.69, 9.17) is 14.7 Å². The molecule has 1 heterocycles. The molecule has 0 saturated carbocycles. The van der Waals surface area contributed by atoms with Crippen LogP contribution in [0.5, 0.6) is 5.75 Å². The summed E-state index contributed by atoms with van der Waals surface area (Å²) in [7, 11) is 0. The number of hydrogen-bond donors (Lipinski definition) is 0. The molecule has 1 aromatic carbocycles. The van der Waals surface area contributed by atoms with Crippen molar-refractivity contribution < 1.29 is 23.0 Å². The Kier molecular flexibility index (Phi) is 6.45. The van der Waals surface area contributed by atoms with E-state index in [1.807, 2.05) is 32.9 Å². The van der Waals surface area contributed by atoms with E-state index in [1.54, 1.807) is 4.90 Å². The maximum Gasteiger partial charge on any atom is 0.410 e. The highest BCUT2D eigenvalue weighted by Gasteiger charge is 2.34. The molecule has 30 heavy (non-hydrogen) atoms. The Bertz CT molecular complexity index is 912. The fourth-order valence-corrected chi connectivity index (χ4v) is 3.69. The molecule has 3 rings (SSSR count). The smallest absolute Gasteiger partial charge is 0.410 e. The Morgan fingerprint density at radius 1 is 1.33 bits per heavy atom. The van der Waals surface area contributed by atoms with Crippen molar-refractivity contribution in [2.24, 2.45) is 11.8 Å². The summed E-state index contributed by atoms with van der Waals surface area (Å²) < 4.78 is 39.2. The van der Waals surface area contributed by atoms with Crippen molar-refractivity contribution in [1.29, 1.82) is 5.26 Å². The van der Waals surface area contributed by atoms with Gasteiger partial charge in [0.15, 0.2) is 11.6 Å². The van der Waals surface area contributed by atoms with Crippen LogP contribution in [-0.4, -0.2) is 36.3 Å². The second kappa shape index (κ2) is 8.86. The van der Waals surface area contributed by atoms with Gasteiger partial charge in [-0.25, -0.2) is 13.6 Å². The molecule has 0 N–H and O–H groups in total. The van der Waals surface area contributed by atoms with Crippen LogP contribution in [0.25, 0.3) is 0 Å². The lowest BCUT2D eigenvalue weighted by atomic mass is 9.84. The molecule has 2 aliphatic rings. The molecule has 1 unspecified atom stereocenters. The molecule has 1 aromatic rings. The largest absolute Gasteiger partial charge is 0.486 e. The molecule has 0 aromatic heterocycles. The number of nitrogens with zero attached hydrogens (tertiary/aromatic N) is 2. The van der Waals surface area contributed by atoms with Crippen LogP contribution in [0.15, 0.2) is 41.8 Å². The van der Waals surface area contributed by atoms with E-state index >= 15 is 0 Å². The number of rotatable bonds is 4. The average Bonchev–Trinajstić information content (AvgIpc) is 3.17. The average molecular weight is 416 g/mol. The molecule has 2 atom stereocenters. The number of halogens is 2. The Morgan fingerprint density at radius 3 is 2.77 bits per heavy atom. The summed E-state index contributed by atoms with van der Waals surface area (Å²) in [6.07, 6.45) is 4.39. The first kappa shape index (κ1) is 21.8. The highest BCUT2D eigenvalue weighted by atomic mass is 19.1. The monoisotopic (exact) mass is 416 g/mol. The van der Waals surface area contributed by atoms with Gasteiger partial charge in [-0.2, -0.15) is 5.26 Å². The molecule has 0 radical (unpaired) electrons. The topological polar surface area (TPSA) is 62.6 Å². The Labute approximate surface area is 175 Å². The van der Waals surface area contributed by atoms with Gasteiger partial charge < -0.3 is 14.4 Å². The summed E-state index contributed by atoms with van der Waals surface area (Å²) in [5.74, 6) is -0.788. The molecule has 7 heteroatoms. The summed E-state index contributed by atoms with van der Waals surface area (Å²) in [6, 6.07) is 5.76. The molecule has 1 aliphatic heterocycles. The highest BCUT2D eigenvalue weighted by Crippen LogP contribution is 2.34. The van der Waals surface area contributed by atoms with E-state index in [9.17, 15) is 13.6 Å². The van der Waals surface area contributed by atoms with Crippen molar-refractivity contribution in [3.05, 3.63) is 53.1 Å². The summed E-state index contributed by atoms with van der Waals surface area (Å²) in [4.78, 5) is 14.0. The van der Waals surface area contributed by atoms with Crippen molar-refractivity contribution in [2.45, 2.75) is 39.2 Å². The summed E-state index contributed by atoms with van der Waals surface area (Å²) in [6.45, 7) is 6.56. The minimum atomic E-state index is -0.657. The summed E-state index contributed by atoms with van der Waals surface area (Å²) in [5, 5.41) is 8.81. The van der Waals surface area contributed by atoms with Crippen LogP contribution >= 0.6 is 0 Å². The van der Waals surface area contributed by atoms with Crippen molar-refractivity contribution >= 4 is 6.09 Å². The minimum absolute atomic E-state index is 0.0261. The zero-order valence-electron chi connectivity index (χ0n) is 17.5. The van der Waals surface area contributed by atoms with E-state index in [0.717, 1.165) is 12.5 Å². The second-order valence-corrected chi connectivity index (χ2v) is 8.66. The number of hydrogen-bond acceptors (Lipinski definition) is 4. The molecule has 160 valence electrons. The van der Waals surface area contributed by atoms with Crippen molar-refractivity contribution in [1.82, 2.24) is 4.90 Å². The molecular formula is C23H26F2N2O3. The first-order chi connectivity index (χ1) is 14.2. The van der Waals surface area contributed by atoms with Gasteiger partial charge in [0.05, 0.1) is 11.6 Å². The van der Waals surface area contributed by atoms with Gasteiger partial charge in [0.2, 0.25) is 0 Å². The Hall–Kier alpha value is -2.88. The number of allylic oxidation sites excluding steroid dienone is 2. The molecule has 5 nitrogen and oxygen atoms in total. The van der Waals surface area contributed by atoms with Crippen LogP contribution in [0.1, 0.15) is 39.2 Å². The van der Waals surface area contributed by atoms with Crippen LogP contribution in [0, 0.1) is 29.0 Å². The van der Waals surface area contributed by atoms with Crippen LogP contribution in [0.4, 0.5) is 13.6 Å². The molecule has 0 spiro atoms. The predicted octanol–water partition coefficient (Wildman–Crippen LogP) is 5.13. The summed E-state index contributed by atoms with van der Waals surface area (Å²) >= 11 is 0. The van der Waals surface area contributed by atoms with Crippen molar-refractivity contribution in [3.63, 3.8) is 0 Å². The molecule has 0 bridgehead atoms. The van der Waals surface area contributed by atoms with Gasteiger partial charge in [-0.1, -0.05) is 6.08 Å². The maximum atomic E-state index is 14.3. The number of nitriles is 1. The van der Waals surface area contributed by atoms with Crippen molar-refractivity contribution in [3.8, 4) is 11.8 Å². The van der Waals surface area contributed by atoms with E-state index < -0.39 is 11.4 Å². The lowest BCUT2D eigenvalue weighted by Crippen LogP contribution is -2.35. The lowest BCUT2D eigenvalue weighted by molar-refractivity contribution is 0.0285. The number of benzene rings is 1. The quantitative estimate of drug-likeness (QED) is 0.682. The van der Waals surface area contributed by atoms with Gasteiger partial charge in [0, 0.05) is 18.7 Å². The van der Waals surface area contributed by atoms with E-state index in [1.165, 1.54) is 18.2 Å². The van der Waals surface area contributed by atoms with Crippen molar-refractivity contribution in [2.75, 3.05) is 19.7 Å². The van der Waals surface area contributed by atoms with Gasteiger partial charge in [-0.05, 0) is 69.7 Å². The number of ether oxygens (including phenoxy) is 2. The predicted molar refractivity (Wildman–Crippen MR) is 108 cm³/mol. The van der Waals surface area contributed by atoms with Crippen LogP contribution in [0.2, 0.25) is 0 Å². The normalized spacial score (nSPS) is 21.5. The van der Waals surface area contributed by atoms with Gasteiger partial charge in [0.1, 0.15) is 18.0 Å². The fourth-order valence-electron chi connectivity index (χ4n) is 3.69. The minimum Gasteiger partial charge on any atom is -0.486 e. The number of amides is 1. The highest BCUT2D eigenvalue weighted by molar-refractivity contribution is 5.68. The summed E-state index contributed by atoms with van der Waals surface area (Å²) in [5.41, 5.74) is 0.0150. The third-order valence-electron chi connectivity index (χ3n) is 5.22. The van der Waals surface area contributed by atoms with E-state index in [-0.39, 0.29) is 41.7 Å². The fraction of sp³-hybridized carbons (Fsp3) is 0.478. The number of carbonyl (C=O) groups is 1. The van der Waals surface area contributed by atoms with Gasteiger partial charge in [0.25, 0.3) is 0 Å². The lowest BCUT2D eigenvalue weighted by Gasteiger charge is -2.26. The third-order valence-corrected chi connectivity index (χ3v) is 5.22. The molecule has 1 saturated heterocycles. The third kappa shape index (κ3) is 5.38. The number of carbonyl (C=O) groups excluding carboxylic acids is 1. The Morgan fingerprint density at radius 2 is 2.10 bits per heavy atom. The molecular weight excluding hydrogens is 390 g/mol. The number of likely N-dealkylation sites (tertiary alicyclic amines) is 1. The first-order valence-corrected chi connectivity index (χ1v) is 10.0. The van der Waals surface area contributed by atoms with E-state index in [0.29, 0.717) is 25.1 Å². The van der Waals surface area contributed by atoms with Gasteiger partial charge in [-0.3, -0.25) is 0 Å². The Balaban J connectivity index is 1.62. The zero-order valence-corrected chi connectivity index (χ0v) is 17.5. The first-order valence-electron chi connectivity index (χ1n) is 10.0. The maximum absolute atomic E-state index is 14.3. The zero-order chi connectivity index (χ0) is 21.9. The molecule has 1 aliphatic carbocycles. The van der Waals surface area contributed by atoms with Crippen LogP contribution in [0.3, 0.4) is 0 Å². The van der Waals surface area contributed by atoms with E-state index in [2.05, 4.69) is 0 Å². The standard InChI is InChI=1S/C23H26F2N2O3/c1-23(2,3)30-22(28)27-9-8-17(13-27)16-5-6-19(24)18(11-16)14-29-21-7-4-15(12-26)10-20(21)25/h4,6-7,10-11,16-17H,5,8-9,13-14H2,1-3H3/t16?,17-/m1/s1.